The summed E-state index contributed by atoms with van der Waals surface area (Å²) in [6.07, 6.45) is 0. The molecule has 0 unspecified atom stereocenters. The maximum atomic E-state index is 11.6. The van der Waals surface area contributed by atoms with Crippen LogP contribution in [0.25, 0.3) is 0 Å². The first-order valence-corrected chi connectivity index (χ1v) is 5.80. The Kier molecular flexibility index (Phi) is 4.00. The zero-order valence-corrected chi connectivity index (χ0v) is 10.4. The molecule has 2 N–H and O–H groups in total. The third-order valence-corrected chi connectivity index (χ3v) is 2.78. The fourth-order valence-corrected chi connectivity index (χ4v) is 1.67. The van der Waals surface area contributed by atoms with Crippen LogP contribution in [0.4, 0.5) is 0 Å². The first-order valence-electron chi connectivity index (χ1n) is 4.86. The number of hydrogen-bond acceptors (Lipinski definition) is 4. The minimum Gasteiger partial charge on any atom is -0.359 e. The van der Waals surface area contributed by atoms with Crippen molar-refractivity contribution in [1.82, 2.24) is 15.6 Å². The van der Waals surface area contributed by atoms with Gasteiger partial charge in [0.2, 0.25) is 5.91 Å². The van der Waals surface area contributed by atoms with Crippen molar-refractivity contribution < 1.29 is 9.59 Å². The molecule has 0 fully saturated rings. The molecular formula is C10H15N3O2S. The molecule has 1 aromatic rings. The molecule has 0 bridgehead atoms. The van der Waals surface area contributed by atoms with E-state index >= 15 is 0 Å². The Balaban J connectivity index is 2.52. The van der Waals surface area contributed by atoms with Gasteiger partial charge in [0.25, 0.3) is 5.91 Å². The summed E-state index contributed by atoms with van der Waals surface area (Å²) in [4.78, 5) is 26.9. The highest BCUT2D eigenvalue weighted by atomic mass is 32.1. The van der Waals surface area contributed by atoms with Gasteiger partial charge in [0.05, 0.1) is 10.9 Å². The highest BCUT2D eigenvalue weighted by Gasteiger charge is 2.27. The lowest BCUT2D eigenvalue weighted by molar-refractivity contribution is -0.128. The molecule has 0 atom stereocenters. The fraction of sp³-hybridized carbons (Fsp3) is 0.500. The summed E-state index contributed by atoms with van der Waals surface area (Å²) in [5.74, 6) is -0.357. The van der Waals surface area contributed by atoms with Gasteiger partial charge in [0.15, 0.2) is 0 Å². The SMILES string of the molecule is CNC(=O)C(C)(C)CNC(=O)c1cscn1. The van der Waals surface area contributed by atoms with Crippen molar-refractivity contribution in [2.75, 3.05) is 13.6 Å². The molecule has 6 heteroatoms. The van der Waals surface area contributed by atoms with Crippen LogP contribution in [0.5, 0.6) is 0 Å². The van der Waals surface area contributed by atoms with E-state index in [1.54, 1.807) is 31.8 Å². The number of nitrogens with one attached hydrogen (secondary N) is 2. The Hall–Kier alpha value is -1.43. The van der Waals surface area contributed by atoms with Crippen molar-refractivity contribution in [3.63, 3.8) is 0 Å². The van der Waals surface area contributed by atoms with E-state index in [1.165, 1.54) is 11.3 Å². The van der Waals surface area contributed by atoms with Crippen molar-refractivity contribution in [3.05, 3.63) is 16.6 Å². The summed E-state index contributed by atoms with van der Waals surface area (Å²) in [7, 11) is 1.58. The fourth-order valence-electron chi connectivity index (χ4n) is 1.14. The van der Waals surface area contributed by atoms with Gasteiger partial charge in [-0.15, -0.1) is 11.3 Å². The summed E-state index contributed by atoms with van der Waals surface area (Å²) in [5.41, 5.74) is 1.36. The Morgan fingerprint density at radius 3 is 2.69 bits per heavy atom. The molecule has 2 amide bonds. The van der Waals surface area contributed by atoms with Crippen LogP contribution >= 0.6 is 11.3 Å². The summed E-state index contributed by atoms with van der Waals surface area (Å²) >= 11 is 1.36. The lowest BCUT2D eigenvalue weighted by atomic mass is 9.92. The minimum atomic E-state index is -0.625. The molecule has 0 aromatic carbocycles. The van der Waals surface area contributed by atoms with Gasteiger partial charge in [-0.3, -0.25) is 9.59 Å². The average Bonchev–Trinajstić information content (AvgIpc) is 2.78. The van der Waals surface area contributed by atoms with Crippen molar-refractivity contribution >= 4 is 23.2 Å². The molecule has 1 rings (SSSR count). The number of hydrogen-bond donors (Lipinski definition) is 2. The van der Waals surface area contributed by atoms with E-state index < -0.39 is 5.41 Å². The van der Waals surface area contributed by atoms with E-state index in [0.717, 1.165) is 0 Å². The van der Waals surface area contributed by atoms with Crippen LogP contribution in [0.15, 0.2) is 10.9 Å². The van der Waals surface area contributed by atoms with Crippen LogP contribution < -0.4 is 10.6 Å². The maximum Gasteiger partial charge on any atom is 0.270 e. The van der Waals surface area contributed by atoms with E-state index in [-0.39, 0.29) is 18.4 Å². The van der Waals surface area contributed by atoms with Gasteiger partial charge < -0.3 is 10.6 Å². The van der Waals surface area contributed by atoms with Crippen LogP contribution in [-0.2, 0) is 4.79 Å². The summed E-state index contributed by atoms with van der Waals surface area (Å²) < 4.78 is 0. The quantitative estimate of drug-likeness (QED) is 0.813. The topological polar surface area (TPSA) is 71.1 Å². The third-order valence-electron chi connectivity index (χ3n) is 2.20. The first kappa shape index (κ1) is 12.6. The van der Waals surface area contributed by atoms with E-state index in [9.17, 15) is 9.59 Å². The Morgan fingerprint density at radius 2 is 2.19 bits per heavy atom. The molecule has 0 spiro atoms. The number of thiazole rings is 1. The van der Waals surface area contributed by atoms with E-state index in [2.05, 4.69) is 15.6 Å². The molecule has 0 saturated carbocycles. The second kappa shape index (κ2) is 5.07. The molecule has 1 aromatic heterocycles. The van der Waals surface area contributed by atoms with Crippen LogP contribution in [0.1, 0.15) is 24.3 Å². The van der Waals surface area contributed by atoms with Crippen LogP contribution in [0, 0.1) is 5.41 Å². The molecule has 5 nitrogen and oxygen atoms in total. The average molecular weight is 241 g/mol. The van der Waals surface area contributed by atoms with Gasteiger partial charge in [-0.25, -0.2) is 4.98 Å². The van der Waals surface area contributed by atoms with Crippen LogP contribution in [0.2, 0.25) is 0 Å². The predicted molar refractivity (Wildman–Crippen MR) is 62.3 cm³/mol. The van der Waals surface area contributed by atoms with E-state index in [4.69, 9.17) is 0 Å². The molecule has 0 aliphatic rings. The summed E-state index contributed by atoms with van der Waals surface area (Å²) in [5, 5.41) is 6.91. The number of carbonyl (C=O) groups is 2. The van der Waals surface area contributed by atoms with E-state index in [0.29, 0.717) is 5.69 Å². The van der Waals surface area contributed by atoms with Crippen molar-refractivity contribution in [2.45, 2.75) is 13.8 Å². The van der Waals surface area contributed by atoms with Gasteiger partial charge in [0, 0.05) is 19.0 Å². The number of rotatable bonds is 4. The van der Waals surface area contributed by atoms with Gasteiger partial charge in [-0.05, 0) is 13.8 Å². The number of aromatic nitrogens is 1. The minimum absolute atomic E-state index is 0.105. The number of amides is 2. The normalized spacial score (nSPS) is 10.9. The second-order valence-corrected chi connectivity index (χ2v) is 4.74. The second-order valence-electron chi connectivity index (χ2n) is 4.02. The predicted octanol–water partition coefficient (Wildman–Crippen LogP) is 0.645. The first-order chi connectivity index (χ1) is 7.47. The highest BCUT2D eigenvalue weighted by Crippen LogP contribution is 2.13. The molecular weight excluding hydrogens is 226 g/mol. The summed E-state index contributed by atoms with van der Waals surface area (Å²) in [6.45, 7) is 3.82. The third kappa shape index (κ3) is 3.03. The van der Waals surface area contributed by atoms with Gasteiger partial charge in [-0.2, -0.15) is 0 Å². The van der Waals surface area contributed by atoms with Crippen molar-refractivity contribution in [2.24, 2.45) is 5.41 Å². The monoisotopic (exact) mass is 241 g/mol. The molecule has 16 heavy (non-hydrogen) atoms. The maximum absolute atomic E-state index is 11.6. The lowest BCUT2D eigenvalue weighted by Gasteiger charge is -2.22. The van der Waals surface area contributed by atoms with Crippen LogP contribution in [0.3, 0.4) is 0 Å². The largest absolute Gasteiger partial charge is 0.359 e. The molecule has 88 valence electrons. The van der Waals surface area contributed by atoms with Crippen LogP contribution in [-0.4, -0.2) is 30.4 Å². The Bertz CT molecular complexity index is 373. The Morgan fingerprint density at radius 1 is 1.50 bits per heavy atom. The van der Waals surface area contributed by atoms with E-state index in [1.807, 2.05) is 0 Å². The van der Waals surface area contributed by atoms with Gasteiger partial charge in [0.1, 0.15) is 5.69 Å². The lowest BCUT2D eigenvalue weighted by Crippen LogP contribution is -2.43. The molecule has 0 radical (unpaired) electrons. The molecule has 1 heterocycles. The van der Waals surface area contributed by atoms with Gasteiger partial charge >= 0.3 is 0 Å². The molecule has 0 saturated heterocycles. The molecule has 0 aliphatic carbocycles. The number of nitrogens with zero attached hydrogens (tertiary/aromatic N) is 1. The number of carbonyl (C=O) groups excluding carboxylic acids is 2. The zero-order valence-electron chi connectivity index (χ0n) is 9.53. The Labute approximate surface area is 98.3 Å². The molecule has 0 aliphatic heterocycles. The van der Waals surface area contributed by atoms with Crippen molar-refractivity contribution in [3.8, 4) is 0 Å². The summed E-state index contributed by atoms with van der Waals surface area (Å²) in [6, 6.07) is 0. The highest BCUT2D eigenvalue weighted by molar-refractivity contribution is 7.07. The van der Waals surface area contributed by atoms with Gasteiger partial charge in [-0.1, -0.05) is 0 Å². The van der Waals surface area contributed by atoms with Crippen molar-refractivity contribution in [1.29, 1.82) is 0 Å². The smallest absolute Gasteiger partial charge is 0.270 e. The zero-order chi connectivity index (χ0) is 12.2. The standard InChI is InChI=1S/C10H15N3O2S/c1-10(2,9(15)11-3)5-12-8(14)7-4-16-6-13-7/h4,6H,5H2,1-3H3,(H,11,15)(H,12,14).